The average Bonchev–Trinajstić information content (AvgIpc) is 2.69. The molecule has 0 saturated heterocycles. The summed E-state index contributed by atoms with van der Waals surface area (Å²) >= 11 is 13.6. The Labute approximate surface area is 182 Å². The molecule has 2 aromatic carbocycles. The van der Waals surface area contributed by atoms with Crippen LogP contribution in [-0.2, 0) is 10.5 Å². The van der Waals surface area contributed by atoms with Crippen molar-refractivity contribution in [1.82, 2.24) is 9.97 Å². The number of rotatable bonds is 6. The highest BCUT2D eigenvalue weighted by atomic mass is 35.5. The molecule has 0 atom stereocenters. The van der Waals surface area contributed by atoms with Crippen LogP contribution in [0.3, 0.4) is 0 Å². The van der Waals surface area contributed by atoms with Crippen LogP contribution in [0.2, 0.25) is 10.0 Å². The van der Waals surface area contributed by atoms with Crippen LogP contribution in [0.25, 0.3) is 0 Å². The lowest BCUT2D eigenvalue weighted by atomic mass is 10.2. The van der Waals surface area contributed by atoms with Crippen LogP contribution in [0, 0.1) is 0 Å². The third-order valence-corrected chi connectivity index (χ3v) is 5.27. The molecular weight excluding hydrogens is 431 g/mol. The number of thioether (sulfide) groups is 1. The lowest BCUT2D eigenvalue weighted by Gasteiger charge is -2.09. The van der Waals surface area contributed by atoms with E-state index in [1.54, 1.807) is 24.3 Å². The van der Waals surface area contributed by atoms with Crippen LogP contribution >= 0.6 is 35.0 Å². The minimum Gasteiger partial charge on any atom is -0.326 e. The minimum atomic E-state index is -0.454. The highest BCUT2D eigenvalue weighted by molar-refractivity contribution is 7.98. The van der Waals surface area contributed by atoms with E-state index in [4.69, 9.17) is 23.2 Å². The molecule has 3 rings (SSSR count). The molecule has 0 fully saturated rings. The maximum atomic E-state index is 12.6. The van der Waals surface area contributed by atoms with Crippen molar-refractivity contribution in [3.8, 4) is 0 Å². The number of nitrogens with one attached hydrogen (secondary N) is 2. The number of halogens is 2. The molecule has 1 aromatic heterocycles. The molecule has 9 heteroatoms. The molecule has 0 aliphatic heterocycles. The molecule has 29 heavy (non-hydrogen) atoms. The maximum Gasteiger partial charge on any atom is 0.275 e. The van der Waals surface area contributed by atoms with E-state index in [2.05, 4.69) is 20.6 Å². The van der Waals surface area contributed by atoms with Gasteiger partial charge in [-0.3, -0.25) is 9.59 Å². The standard InChI is InChI=1S/C20H16Cl2N4O2S/c1-12(27)24-14-6-8-15(9-7-14)25-19(28)18-17(22)10-23-20(26-18)29-11-13-4-2-3-5-16(13)21/h2-10H,11H2,1H3,(H,24,27)(H,25,28). The molecule has 0 spiro atoms. The fraction of sp³-hybridized carbons (Fsp3) is 0.100. The van der Waals surface area contributed by atoms with Crippen molar-refractivity contribution < 1.29 is 9.59 Å². The third kappa shape index (κ3) is 5.93. The van der Waals surface area contributed by atoms with E-state index in [9.17, 15) is 9.59 Å². The van der Waals surface area contributed by atoms with Gasteiger partial charge in [-0.15, -0.1) is 0 Å². The number of nitrogens with zero attached hydrogens (tertiary/aromatic N) is 2. The predicted octanol–water partition coefficient (Wildman–Crippen LogP) is 5.29. The van der Waals surface area contributed by atoms with Crippen LogP contribution in [0.15, 0.2) is 59.9 Å². The quantitative estimate of drug-likeness (QED) is 0.397. The first-order valence-corrected chi connectivity index (χ1v) is 10.2. The van der Waals surface area contributed by atoms with Gasteiger partial charge in [-0.05, 0) is 35.9 Å². The van der Waals surface area contributed by atoms with Crippen molar-refractivity contribution in [1.29, 1.82) is 0 Å². The van der Waals surface area contributed by atoms with Gasteiger partial charge in [0.05, 0.1) is 11.2 Å². The number of hydrogen-bond donors (Lipinski definition) is 2. The van der Waals surface area contributed by atoms with Crippen LogP contribution in [0.4, 0.5) is 11.4 Å². The molecule has 0 aliphatic rings. The molecular formula is C20H16Cl2N4O2S. The highest BCUT2D eigenvalue weighted by Crippen LogP contribution is 2.26. The SMILES string of the molecule is CC(=O)Nc1ccc(NC(=O)c2nc(SCc3ccccc3Cl)ncc2Cl)cc1. The van der Waals surface area contributed by atoms with Crippen molar-refractivity contribution in [3.05, 3.63) is 76.0 Å². The molecule has 0 saturated carbocycles. The summed E-state index contributed by atoms with van der Waals surface area (Å²) in [5.41, 5.74) is 2.20. The van der Waals surface area contributed by atoms with Gasteiger partial charge in [0.25, 0.3) is 5.91 Å². The van der Waals surface area contributed by atoms with Crippen molar-refractivity contribution >= 4 is 58.2 Å². The van der Waals surface area contributed by atoms with E-state index in [0.29, 0.717) is 27.3 Å². The van der Waals surface area contributed by atoms with Crippen LogP contribution in [-0.4, -0.2) is 21.8 Å². The molecule has 2 amide bonds. The summed E-state index contributed by atoms with van der Waals surface area (Å²) in [7, 11) is 0. The van der Waals surface area contributed by atoms with Gasteiger partial charge in [-0.2, -0.15) is 0 Å². The van der Waals surface area contributed by atoms with Gasteiger partial charge < -0.3 is 10.6 Å². The fourth-order valence-electron chi connectivity index (χ4n) is 2.37. The second-order valence-corrected chi connectivity index (χ2v) is 7.70. The normalized spacial score (nSPS) is 10.4. The van der Waals surface area contributed by atoms with Crippen LogP contribution in [0.1, 0.15) is 23.0 Å². The number of amides is 2. The van der Waals surface area contributed by atoms with Crippen LogP contribution < -0.4 is 10.6 Å². The number of carbonyl (C=O) groups excluding carboxylic acids is 2. The van der Waals surface area contributed by atoms with Gasteiger partial charge in [0.2, 0.25) is 5.91 Å². The Balaban J connectivity index is 1.69. The number of benzene rings is 2. The van der Waals surface area contributed by atoms with Gasteiger partial charge in [0, 0.05) is 29.1 Å². The Kier molecular flexibility index (Phi) is 7.09. The monoisotopic (exact) mass is 446 g/mol. The van der Waals surface area contributed by atoms with E-state index < -0.39 is 5.91 Å². The number of hydrogen-bond acceptors (Lipinski definition) is 5. The maximum absolute atomic E-state index is 12.6. The summed E-state index contributed by atoms with van der Waals surface area (Å²) in [6, 6.07) is 14.2. The lowest BCUT2D eigenvalue weighted by molar-refractivity contribution is -0.114. The fourth-order valence-corrected chi connectivity index (χ4v) is 3.65. The zero-order valence-electron chi connectivity index (χ0n) is 15.3. The van der Waals surface area contributed by atoms with Gasteiger partial charge >= 0.3 is 0 Å². The summed E-state index contributed by atoms with van der Waals surface area (Å²) in [5, 5.41) is 6.62. The largest absolute Gasteiger partial charge is 0.326 e. The van der Waals surface area contributed by atoms with Crippen molar-refractivity contribution in [2.24, 2.45) is 0 Å². The van der Waals surface area contributed by atoms with Crippen molar-refractivity contribution in [2.75, 3.05) is 10.6 Å². The molecule has 0 aliphatic carbocycles. The Bertz CT molecular complexity index is 1040. The minimum absolute atomic E-state index is 0.0780. The molecule has 2 N–H and O–H groups in total. The molecule has 0 bridgehead atoms. The summed E-state index contributed by atoms with van der Waals surface area (Å²) in [5.74, 6) is -0.0619. The average molecular weight is 447 g/mol. The Hall–Kier alpha value is -2.61. The Morgan fingerprint density at radius 3 is 2.28 bits per heavy atom. The smallest absolute Gasteiger partial charge is 0.275 e. The second-order valence-electron chi connectivity index (χ2n) is 5.94. The molecule has 0 radical (unpaired) electrons. The lowest BCUT2D eigenvalue weighted by Crippen LogP contribution is -2.15. The van der Waals surface area contributed by atoms with Crippen molar-refractivity contribution in [2.45, 2.75) is 17.8 Å². The van der Waals surface area contributed by atoms with E-state index >= 15 is 0 Å². The van der Waals surface area contributed by atoms with Crippen LogP contribution in [0.5, 0.6) is 0 Å². The summed E-state index contributed by atoms with van der Waals surface area (Å²) < 4.78 is 0. The van der Waals surface area contributed by atoms with E-state index in [0.717, 1.165) is 5.56 Å². The summed E-state index contributed by atoms with van der Waals surface area (Å²) in [6.07, 6.45) is 1.40. The topological polar surface area (TPSA) is 84.0 Å². The Morgan fingerprint density at radius 2 is 1.62 bits per heavy atom. The van der Waals surface area contributed by atoms with Crippen molar-refractivity contribution in [3.63, 3.8) is 0 Å². The first-order valence-electron chi connectivity index (χ1n) is 8.50. The third-order valence-electron chi connectivity index (χ3n) is 3.71. The molecule has 6 nitrogen and oxygen atoms in total. The van der Waals surface area contributed by atoms with E-state index in [-0.39, 0.29) is 16.6 Å². The highest BCUT2D eigenvalue weighted by Gasteiger charge is 2.15. The first-order chi connectivity index (χ1) is 13.9. The van der Waals surface area contributed by atoms with E-state index in [1.165, 1.54) is 24.9 Å². The van der Waals surface area contributed by atoms with Gasteiger partial charge in [0.1, 0.15) is 0 Å². The van der Waals surface area contributed by atoms with E-state index in [1.807, 2.05) is 24.3 Å². The van der Waals surface area contributed by atoms with Gasteiger partial charge in [-0.1, -0.05) is 53.2 Å². The predicted molar refractivity (Wildman–Crippen MR) is 117 cm³/mol. The number of carbonyl (C=O) groups is 2. The molecule has 1 heterocycles. The zero-order chi connectivity index (χ0) is 20.8. The number of anilines is 2. The molecule has 0 unspecified atom stereocenters. The zero-order valence-corrected chi connectivity index (χ0v) is 17.6. The summed E-state index contributed by atoms with van der Waals surface area (Å²) in [6.45, 7) is 1.42. The van der Waals surface area contributed by atoms with Gasteiger partial charge in [0.15, 0.2) is 10.9 Å². The summed E-state index contributed by atoms with van der Waals surface area (Å²) in [4.78, 5) is 32.1. The number of aromatic nitrogens is 2. The second kappa shape index (κ2) is 9.73. The molecule has 148 valence electrons. The molecule has 3 aromatic rings. The first kappa shape index (κ1) is 21.1. The van der Waals surface area contributed by atoms with Gasteiger partial charge in [-0.25, -0.2) is 9.97 Å². The Morgan fingerprint density at radius 1 is 0.966 bits per heavy atom.